The summed E-state index contributed by atoms with van der Waals surface area (Å²) >= 11 is 0. The van der Waals surface area contributed by atoms with E-state index in [1.165, 1.54) is 0 Å². The van der Waals surface area contributed by atoms with Crippen LogP contribution in [0.4, 0.5) is 17.1 Å². The summed E-state index contributed by atoms with van der Waals surface area (Å²) in [6, 6.07) is 16.3. The van der Waals surface area contributed by atoms with Gasteiger partial charge in [-0.1, -0.05) is 24.3 Å². The standard InChI is InChI=1S/C14H16N2/c1-11-13(15)9-6-10-14(11)16(2)12-7-4-3-5-8-12/h3-10H,15H2,1-2H3. The average molecular weight is 212 g/mol. The van der Waals surface area contributed by atoms with Gasteiger partial charge in [0.05, 0.1) is 0 Å². The van der Waals surface area contributed by atoms with E-state index in [-0.39, 0.29) is 0 Å². The summed E-state index contributed by atoms with van der Waals surface area (Å²) in [6.45, 7) is 2.05. The van der Waals surface area contributed by atoms with Crippen LogP contribution in [0, 0.1) is 6.92 Å². The van der Waals surface area contributed by atoms with Crippen LogP contribution in [0.15, 0.2) is 48.5 Å². The second-order valence-electron chi connectivity index (χ2n) is 3.89. The third-order valence-electron chi connectivity index (χ3n) is 2.85. The molecule has 0 bridgehead atoms. The van der Waals surface area contributed by atoms with Crippen molar-refractivity contribution >= 4 is 17.1 Å². The fourth-order valence-corrected chi connectivity index (χ4v) is 1.79. The van der Waals surface area contributed by atoms with Gasteiger partial charge in [-0.05, 0) is 36.8 Å². The van der Waals surface area contributed by atoms with Crippen LogP contribution in [-0.4, -0.2) is 7.05 Å². The Bertz CT molecular complexity index is 477. The van der Waals surface area contributed by atoms with Crippen molar-refractivity contribution in [2.45, 2.75) is 6.92 Å². The molecule has 2 N–H and O–H groups in total. The Kier molecular flexibility index (Phi) is 2.82. The zero-order chi connectivity index (χ0) is 11.5. The van der Waals surface area contributed by atoms with E-state index in [4.69, 9.17) is 5.73 Å². The van der Waals surface area contributed by atoms with Gasteiger partial charge < -0.3 is 10.6 Å². The Balaban J connectivity index is 2.42. The molecule has 0 saturated heterocycles. The largest absolute Gasteiger partial charge is 0.398 e. The molecule has 82 valence electrons. The fourth-order valence-electron chi connectivity index (χ4n) is 1.79. The van der Waals surface area contributed by atoms with Crippen LogP contribution in [0.2, 0.25) is 0 Å². The van der Waals surface area contributed by atoms with Gasteiger partial charge in [0.1, 0.15) is 0 Å². The monoisotopic (exact) mass is 212 g/mol. The maximum absolute atomic E-state index is 5.91. The molecule has 0 fully saturated rings. The zero-order valence-electron chi connectivity index (χ0n) is 9.64. The Morgan fingerprint density at radius 1 is 0.938 bits per heavy atom. The van der Waals surface area contributed by atoms with Gasteiger partial charge in [0, 0.05) is 24.1 Å². The van der Waals surface area contributed by atoms with Gasteiger partial charge in [-0.15, -0.1) is 0 Å². The molecule has 2 heteroatoms. The Morgan fingerprint density at radius 2 is 1.62 bits per heavy atom. The van der Waals surface area contributed by atoms with Crippen LogP contribution < -0.4 is 10.6 Å². The molecule has 0 aliphatic rings. The normalized spacial score (nSPS) is 10.1. The smallest absolute Gasteiger partial charge is 0.0458 e. The van der Waals surface area contributed by atoms with Crippen molar-refractivity contribution < 1.29 is 0 Å². The molecule has 0 heterocycles. The predicted octanol–water partition coefficient (Wildman–Crippen LogP) is 3.35. The predicted molar refractivity (Wildman–Crippen MR) is 70.1 cm³/mol. The van der Waals surface area contributed by atoms with Crippen LogP contribution in [0.3, 0.4) is 0 Å². The van der Waals surface area contributed by atoms with Crippen LogP contribution in [0.25, 0.3) is 0 Å². The van der Waals surface area contributed by atoms with Gasteiger partial charge in [-0.3, -0.25) is 0 Å². The van der Waals surface area contributed by atoms with Crippen molar-refractivity contribution in [3.8, 4) is 0 Å². The summed E-state index contributed by atoms with van der Waals surface area (Å²) in [5, 5.41) is 0. The lowest BCUT2D eigenvalue weighted by Gasteiger charge is -2.22. The molecule has 16 heavy (non-hydrogen) atoms. The topological polar surface area (TPSA) is 29.3 Å². The lowest BCUT2D eigenvalue weighted by atomic mass is 10.1. The van der Waals surface area contributed by atoms with E-state index >= 15 is 0 Å². The molecule has 0 aliphatic heterocycles. The van der Waals surface area contributed by atoms with E-state index in [0.29, 0.717) is 0 Å². The van der Waals surface area contributed by atoms with Crippen molar-refractivity contribution in [1.29, 1.82) is 0 Å². The molecule has 2 aromatic rings. The average Bonchev–Trinajstić information content (AvgIpc) is 2.33. The molecule has 0 spiro atoms. The highest BCUT2D eigenvalue weighted by molar-refractivity contribution is 5.70. The summed E-state index contributed by atoms with van der Waals surface area (Å²) < 4.78 is 0. The molecule has 0 aliphatic carbocycles. The van der Waals surface area contributed by atoms with Gasteiger partial charge in [0.25, 0.3) is 0 Å². The molecule has 0 aromatic heterocycles. The number of nitrogen functional groups attached to an aromatic ring is 1. The summed E-state index contributed by atoms with van der Waals surface area (Å²) in [6.07, 6.45) is 0. The fraction of sp³-hybridized carbons (Fsp3) is 0.143. The van der Waals surface area contributed by atoms with E-state index in [1.54, 1.807) is 0 Å². The second kappa shape index (κ2) is 4.27. The molecule has 0 radical (unpaired) electrons. The van der Waals surface area contributed by atoms with E-state index < -0.39 is 0 Å². The van der Waals surface area contributed by atoms with E-state index in [0.717, 1.165) is 22.6 Å². The van der Waals surface area contributed by atoms with Gasteiger partial charge in [-0.25, -0.2) is 0 Å². The molecule has 2 nitrogen and oxygen atoms in total. The van der Waals surface area contributed by atoms with E-state index in [9.17, 15) is 0 Å². The minimum absolute atomic E-state index is 0.834. The quantitative estimate of drug-likeness (QED) is 0.773. The van der Waals surface area contributed by atoms with Crippen LogP contribution in [-0.2, 0) is 0 Å². The first-order valence-corrected chi connectivity index (χ1v) is 5.34. The first kappa shape index (κ1) is 10.6. The third kappa shape index (κ3) is 1.87. The Hall–Kier alpha value is -1.96. The maximum atomic E-state index is 5.91. The minimum Gasteiger partial charge on any atom is -0.398 e. The first-order chi connectivity index (χ1) is 7.70. The van der Waals surface area contributed by atoms with Crippen molar-refractivity contribution in [3.63, 3.8) is 0 Å². The number of hydrogen-bond donors (Lipinski definition) is 1. The number of benzene rings is 2. The number of para-hydroxylation sites is 1. The van der Waals surface area contributed by atoms with Gasteiger partial charge in [0.2, 0.25) is 0 Å². The van der Waals surface area contributed by atoms with Gasteiger partial charge in [-0.2, -0.15) is 0 Å². The molecular weight excluding hydrogens is 196 g/mol. The maximum Gasteiger partial charge on any atom is 0.0458 e. The first-order valence-electron chi connectivity index (χ1n) is 5.34. The molecule has 2 rings (SSSR count). The van der Waals surface area contributed by atoms with Crippen LogP contribution in [0.1, 0.15) is 5.56 Å². The van der Waals surface area contributed by atoms with E-state index in [2.05, 4.69) is 30.1 Å². The molecule has 0 unspecified atom stereocenters. The highest BCUT2D eigenvalue weighted by Crippen LogP contribution is 2.29. The van der Waals surface area contributed by atoms with E-state index in [1.807, 2.05) is 37.3 Å². The molecule has 2 aromatic carbocycles. The molecule has 0 atom stereocenters. The van der Waals surface area contributed by atoms with Crippen molar-refractivity contribution in [3.05, 3.63) is 54.1 Å². The Labute approximate surface area is 96.3 Å². The number of nitrogens with two attached hydrogens (primary N) is 1. The van der Waals surface area contributed by atoms with Crippen LogP contribution in [0.5, 0.6) is 0 Å². The molecular formula is C14H16N2. The number of anilines is 3. The highest BCUT2D eigenvalue weighted by atomic mass is 15.1. The number of rotatable bonds is 2. The lowest BCUT2D eigenvalue weighted by Crippen LogP contribution is -2.11. The number of nitrogens with zero attached hydrogens (tertiary/aromatic N) is 1. The Morgan fingerprint density at radius 3 is 2.31 bits per heavy atom. The van der Waals surface area contributed by atoms with Gasteiger partial charge in [0.15, 0.2) is 0 Å². The summed E-state index contributed by atoms with van der Waals surface area (Å²) in [5.74, 6) is 0. The van der Waals surface area contributed by atoms with Crippen LogP contribution >= 0.6 is 0 Å². The summed E-state index contributed by atoms with van der Waals surface area (Å²) in [7, 11) is 2.05. The van der Waals surface area contributed by atoms with Crippen molar-refractivity contribution in [1.82, 2.24) is 0 Å². The zero-order valence-corrected chi connectivity index (χ0v) is 9.64. The van der Waals surface area contributed by atoms with Gasteiger partial charge >= 0.3 is 0 Å². The molecule has 0 saturated carbocycles. The summed E-state index contributed by atoms with van der Waals surface area (Å²) in [5.41, 5.74) is 10.2. The van der Waals surface area contributed by atoms with Crippen molar-refractivity contribution in [2.75, 3.05) is 17.7 Å². The van der Waals surface area contributed by atoms with Crippen molar-refractivity contribution in [2.24, 2.45) is 0 Å². The SMILES string of the molecule is Cc1c(N)cccc1N(C)c1ccccc1. The summed E-state index contributed by atoms with van der Waals surface area (Å²) in [4.78, 5) is 2.14. The third-order valence-corrected chi connectivity index (χ3v) is 2.85. The minimum atomic E-state index is 0.834. The molecule has 0 amide bonds. The number of hydrogen-bond acceptors (Lipinski definition) is 2. The lowest BCUT2D eigenvalue weighted by molar-refractivity contribution is 1.19. The second-order valence-corrected chi connectivity index (χ2v) is 3.89. The highest BCUT2D eigenvalue weighted by Gasteiger charge is 2.07.